The van der Waals surface area contributed by atoms with E-state index in [0.29, 0.717) is 18.7 Å². The number of hydrogen-bond donors (Lipinski definition) is 0. The Morgan fingerprint density at radius 1 is 1.03 bits per heavy atom. The SMILES string of the molecule is CC(C)N(C)S(=O)(=O)c1cccc(C(=O)N2CCN(Cc3cccc4cccnc34)CC2)c1. The molecular weight excluding hydrogens is 436 g/mol. The number of para-hydroxylation sites is 1. The number of nitrogens with zero attached hydrogens (tertiary/aromatic N) is 4. The molecule has 2 aromatic carbocycles. The van der Waals surface area contributed by atoms with Gasteiger partial charge in [-0.3, -0.25) is 14.7 Å². The van der Waals surface area contributed by atoms with E-state index in [-0.39, 0.29) is 16.8 Å². The second kappa shape index (κ2) is 9.59. The minimum Gasteiger partial charge on any atom is -0.336 e. The molecule has 1 aliphatic rings. The third-order valence-electron chi connectivity index (χ3n) is 6.25. The maximum atomic E-state index is 13.1. The van der Waals surface area contributed by atoms with Crippen molar-refractivity contribution in [2.24, 2.45) is 0 Å². The van der Waals surface area contributed by atoms with Crippen LogP contribution in [0.25, 0.3) is 10.9 Å². The third-order valence-corrected chi connectivity index (χ3v) is 8.28. The zero-order valence-corrected chi connectivity index (χ0v) is 20.1. The highest BCUT2D eigenvalue weighted by Gasteiger charge is 2.26. The first-order chi connectivity index (χ1) is 15.8. The molecule has 0 spiro atoms. The van der Waals surface area contributed by atoms with Gasteiger partial charge >= 0.3 is 0 Å². The molecule has 1 aromatic heterocycles. The fraction of sp³-hybridized carbons (Fsp3) is 0.360. The fourth-order valence-electron chi connectivity index (χ4n) is 4.06. The van der Waals surface area contributed by atoms with Crippen LogP contribution in [-0.4, -0.2) is 72.7 Å². The van der Waals surface area contributed by atoms with Gasteiger partial charge in [-0.2, -0.15) is 4.31 Å². The Bertz CT molecular complexity index is 1250. The van der Waals surface area contributed by atoms with Crippen LogP contribution in [0.1, 0.15) is 29.8 Å². The monoisotopic (exact) mass is 466 g/mol. The molecule has 3 aromatic rings. The molecule has 0 unspecified atom stereocenters. The lowest BCUT2D eigenvalue weighted by atomic mass is 10.1. The van der Waals surface area contributed by atoms with Crippen molar-refractivity contribution in [2.45, 2.75) is 31.3 Å². The zero-order chi connectivity index (χ0) is 23.6. The number of benzene rings is 2. The van der Waals surface area contributed by atoms with Crippen molar-refractivity contribution in [1.82, 2.24) is 19.1 Å². The molecular formula is C25H30N4O3S. The molecule has 0 bridgehead atoms. The van der Waals surface area contributed by atoms with E-state index in [9.17, 15) is 13.2 Å². The number of carbonyl (C=O) groups excluding carboxylic acids is 1. The van der Waals surface area contributed by atoms with Crippen LogP contribution in [0, 0.1) is 0 Å². The van der Waals surface area contributed by atoms with Crippen molar-refractivity contribution in [2.75, 3.05) is 33.2 Å². The Balaban J connectivity index is 1.43. The summed E-state index contributed by atoms with van der Waals surface area (Å²) in [5, 5.41) is 1.13. The first kappa shape index (κ1) is 23.4. The maximum Gasteiger partial charge on any atom is 0.253 e. The molecule has 0 aliphatic carbocycles. The highest BCUT2D eigenvalue weighted by Crippen LogP contribution is 2.21. The van der Waals surface area contributed by atoms with Crippen LogP contribution >= 0.6 is 0 Å². The quantitative estimate of drug-likeness (QED) is 0.558. The molecule has 0 atom stereocenters. The number of carbonyl (C=O) groups is 1. The van der Waals surface area contributed by atoms with Crippen LogP contribution in [0.2, 0.25) is 0 Å². The van der Waals surface area contributed by atoms with Crippen molar-refractivity contribution in [1.29, 1.82) is 0 Å². The smallest absolute Gasteiger partial charge is 0.253 e. The normalized spacial score (nSPS) is 15.5. The number of hydrogen-bond acceptors (Lipinski definition) is 5. The predicted molar refractivity (Wildman–Crippen MR) is 129 cm³/mol. The van der Waals surface area contributed by atoms with E-state index in [1.165, 1.54) is 15.9 Å². The van der Waals surface area contributed by atoms with Gasteiger partial charge in [0, 0.05) is 63.0 Å². The molecule has 1 fully saturated rings. The molecule has 1 amide bonds. The number of aromatic nitrogens is 1. The molecule has 2 heterocycles. The highest BCUT2D eigenvalue weighted by atomic mass is 32.2. The second-order valence-corrected chi connectivity index (χ2v) is 10.7. The van der Waals surface area contributed by atoms with Gasteiger partial charge in [-0.1, -0.05) is 30.3 Å². The molecule has 0 radical (unpaired) electrons. The Morgan fingerprint density at radius 2 is 1.73 bits per heavy atom. The minimum atomic E-state index is -3.64. The average molecular weight is 467 g/mol. The highest BCUT2D eigenvalue weighted by molar-refractivity contribution is 7.89. The summed E-state index contributed by atoms with van der Waals surface area (Å²) in [5.74, 6) is -0.134. The van der Waals surface area contributed by atoms with Gasteiger partial charge in [-0.25, -0.2) is 8.42 Å². The van der Waals surface area contributed by atoms with Gasteiger partial charge in [0.25, 0.3) is 5.91 Å². The largest absolute Gasteiger partial charge is 0.336 e. The lowest BCUT2D eigenvalue weighted by molar-refractivity contribution is 0.0628. The van der Waals surface area contributed by atoms with Gasteiger partial charge in [0.2, 0.25) is 10.0 Å². The zero-order valence-electron chi connectivity index (χ0n) is 19.3. The van der Waals surface area contributed by atoms with Crippen LogP contribution < -0.4 is 0 Å². The van der Waals surface area contributed by atoms with Gasteiger partial charge in [-0.15, -0.1) is 0 Å². The summed E-state index contributed by atoms with van der Waals surface area (Å²) in [7, 11) is -2.08. The van der Waals surface area contributed by atoms with Crippen LogP contribution in [0.5, 0.6) is 0 Å². The number of pyridine rings is 1. The molecule has 7 nitrogen and oxygen atoms in total. The van der Waals surface area contributed by atoms with E-state index in [4.69, 9.17) is 0 Å². The van der Waals surface area contributed by atoms with E-state index in [1.807, 2.05) is 26.1 Å². The number of fused-ring (bicyclic) bond motifs is 1. The van der Waals surface area contributed by atoms with Crippen molar-refractivity contribution >= 4 is 26.8 Å². The topological polar surface area (TPSA) is 73.8 Å². The minimum absolute atomic E-state index is 0.134. The van der Waals surface area contributed by atoms with Crippen molar-refractivity contribution in [3.8, 4) is 0 Å². The molecule has 4 rings (SSSR count). The van der Waals surface area contributed by atoms with Gasteiger partial charge in [0.1, 0.15) is 0 Å². The molecule has 174 valence electrons. The van der Waals surface area contributed by atoms with E-state index in [0.717, 1.165) is 30.5 Å². The molecule has 33 heavy (non-hydrogen) atoms. The van der Waals surface area contributed by atoms with E-state index < -0.39 is 10.0 Å². The summed E-state index contributed by atoms with van der Waals surface area (Å²) in [4.78, 5) is 21.9. The molecule has 0 N–H and O–H groups in total. The number of sulfonamides is 1. The third kappa shape index (κ3) is 4.93. The summed E-state index contributed by atoms with van der Waals surface area (Å²) in [6, 6.07) is 16.4. The van der Waals surface area contributed by atoms with Gasteiger partial charge in [0.05, 0.1) is 10.4 Å². The first-order valence-electron chi connectivity index (χ1n) is 11.2. The summed E-state index contributed by atoms with van der Waals surface area (Å²) >= 11 is 0. The number of amides is 1. The van der Waals surface area contributed by atoms with E-state index in [1.54, 1.807) is 30.1 Å². The maximum absolute atomic E-state index is 13.1. The van der Waals surface area contributed by atoms with Crippen LogP contribution in [0.3, 0.4) is 0 Å². The summed E-state index contributed by atoms with van der Waals surface area (Å²) in [6.07, 6.45) is 1.82. The van der Waals surface area contributed by atoms with Crippen LogP contribution in [0.15, 0.2) is 65.7 Å². The molecule has 8 heteroatoms. The Labute approximate surface area is 195 Å². The van der Waals surface area contributed by atoms with Gasteiger partial charge in [-0.05, 0) is 43.7 Å². The molecule has 1 saturated heterocycles. The Hall–Kier alpha value is -2.81. The number of rotatable bonds is 6. The Kier molecular flexibility index (Phi) is 6.78. The Morgan fingerprint density at radius 3 is 2.45 bits per heavy atom. The van der Waals surface area contributed by atoms with Crippen molar-refractivity contribution < 1.29 is 13.2 Å². The molecule has 1 aliphatic heterocycles. The number of piperazine rings is 1. The summed E-state index contributed by atoms with van der Waals surface area (Å²) in [5.41, 5.74) is 2.60. The van der Waals surface area contributed by atoms with Crippen molar-refractivity contribution in [3.63, 3.8) is 0 Å². The van der Waals surface area contributed by atoms with Gasteiger partial charge < -0.3 is 4.90 Å². The van der Waals surface area contributed by atoms with E-state index in [2.05, 4.69) is 34.1 Å². The van der Waals surface area contributed by atoms with Crippen LogP contribution in [0.4, 0.5) is 0 Å². The summed E-state index contributed by atoms with van der Waals surface area (Å²) in [6.45, 7) is 7.12. The predicted octanol–water partition coefficient (Wildman–Crippen LogP) is 3.22. The van der Waals surface area contributed by atoms with E-state index >= 15 is 0 Å². The second-order valence-electron chi connectivity index (χ2n) is 8.70. The molecule has 0 saturated carbocycles. The summed E-state index contributed by atoms with van der Waals surface area (Å²) < 4.78 is 27.0. The van der Waals surface area contributed by atoms with Crippen LogP contribution in [-0.2, 0) is 16.6 Å². The van der Waals surface area contributed by atoms with Gasteiger partial charge in [0.15, 0.2) is 0 Å². The lowest BCUT2D eigenvalue weighted by Crippen LogP contribution is -2.48. The standard InChI is InChI=1S/C25H30N4O3S/c1-19(2)27(3)33(31,32)23-11-5-8-21(17-23)25(30)29-15-13-28(14-16-29)18-22-9-4-7-20-10-6-12-26-24(20)22/h4-12,17,19H,13-16,18H2,1-3H3. The fourth-order valence-corrected chi connectivity index (χ4v) is 5.47. The first-order valence-corrected chi connectivity index (χ1v) is 12.6. The average Bonchev–Trinajstić information content (AvgIpc) is 2.84. The lowest BCUT2D eigenvalue weighted by Gasteiger charge is -2.35. The van der Waals surface area contributed by atoms with Crippen molar-refractivity contribution in [3.05, 3.63) is 71.9 Å².